The molecule has 3 aromatic rings. The van der Waals surface area contributed by atoms with Gasteiger partial charge >= 0.3 is 5.97 Å². The Morgan fingerprint density at radius 2 is 1.92 bits per heavy atom. The molecule has 1 spiro atoms. The van der Waals surface area contributed by atoms with Crippen LogP contribution in [0.5, 0.6) is 11.5 Å². The maximum Gasteiger partial charge on any atom is 0.329 e. The van der Waals surface area contributed by atoms with Gasteiger partial charge in [-0.3, -0.25) is 9.88 Å². The average molecular weight is 715 g/mol. The van der Waals surface area contributed by atoms with Crippen LogP contribution >= 0.6 is 11.6 Å². The van der Waals surface area contributed by atoms with Crippen molar-refractivity contribution in [3.8, 4) is 11.5 Å². The minimum atomic E-state index is -1.05. The standard InChI is InChI=1S/C42H55ClN4O4/c1-28(26-51-38-13-18-44-37-10-5-7-29(2)39(37)38)21-31-22-30-11-12-35(50-27-34-25-46(3)19-20-47(34)4)24-36(30)41(31)14-16-42(17-15-41,40(48)49)45-33-9-6-8-32(43)23-33/h6,8-9,11-13,18,23-24,28-29,31,34,45H,5,7,10,14-17,19-22,25-27H2,1-4H3,(H,48,49)/t28-,29+,31+,34?,41?,42?/m1/s1. The predicted octanol–water partition coefficient (Wildman–Crippen LogP) is 7.82. The third kappa shape index (κ3) is 7.47. The van der Waals surface area contributed by atoms with E-state index in [1.54, 1.807) is 0 Å². The maximum absolute atomic E-state index is 13.0. The molecule has 4 aliphatic rings. The molecule has 0 amide bonds. The Morgan fingerprint density at radius 1 is 1.10 bits per heavy atom. The van der Waals surface area contributed by atoms with E-state index in [0.29, 0.717) is 54.9 Å². The highest BCUT2D eigenvalue weighted by Gasteiger charge is 2.54. The number of carboxylic acid groups (broad SMARTS) is 1. The van der Waals surface area contributed by atoms with Gasteiger partial charge in [0.15, 0.2) is 0 Å². The van der Waals surface area contributed by atoms with E-state index in [1.165, 1.54) is 35.2 Å². The molecule has 51 heavy (non-hydrogen) atoms. The number of pyridine rings is 1. The molecule has 2 heterocycles. The van der Waals surface area contributed by atoms with Crippen molar-refractivity contribution in [3.05, 3.63) is 82.1 Å². The minimum Gasteiger partial charge on any atom is -0.493 e. The molecule has 8 nitrogen and oxygen atoms in total. The highest BCUT2D eigenvalue weighted by molar-refractivity contribution is 6.30. The first kappa shape index (κ1) is 36.0. The van der Waals surface area contributed by atoms with Gasteiger partial charge in [0, 0.05) is 47.8 Å². The highest BCUT2D eigenvalue weighted by atomic mass is 35.5. The number of nitrogens with zero attached hydrogens (tertiary/aromatic N) is 3. The van der Waals surface area contributed by atoms with Crippen LogP contribution in [0.2, 0.25) is 5.02 Å². The molecule has 1 aromatic heterocycles. The van der Waals surface area contributed by atoms with E-state index < -0.39 is 11.5 Å². The summed E-state index contributed by atoms with van der Waals surface area (Å²) in [5.74, 6) is 2.28. The Morgan fingerprint density at radius 3 is 2.71 bits per heavy atom. The molecule has 4 atom stereocenters. The number of nitrogens with one attached hydrogen (secondary N) is 1. The molecular formula is C42H55ClN4O4. The van der Waals surface area contributed by atoms with Crippen LogP contribution in [0.1, 0.15) is 87.1 Å². The minimum absolute atomic E-state index is 0.135. The van der Waals surface area contributed by atoms with Crippen LogP contribution in [-0.2, 0) is 23.1 Å². The van der Waals surface area contributed by atoms with E-state index in [1.807, 2.05) is 36.5 Å². The van der Waals surface area contributed by atoms with Crippen LogP contribution in [0.25, 0.3) is 0 Å². The van der Waals surface area contributed by atoms with Gasteiger partial charge in [-0.25, -0.2) is 4.79 Å². The van der Waals surface area contributed by atoms with Gasteiger partial charge in [0.2, 0.25) is 0 Å². The van der Waals surface area contributed by atoms with E-state index in [4.69, 9.17) is 21.1 Å². The molecular weight excluding hydrogens is 660 g/mol. The van der Waals surface area contributed by atoms with Crippen LogP contribution in [0.3, 0.4) is 0 Å². The lowest BCUT2D eigenvalue weighted by molar-refractivity contribution is -0.144. The first-order valence-corrected chi connectivity index (χ1v) is 19.5. The number of piperazine rings is 1. The van der Waals surface area contributed by atoms with Crippen molar-refractivity contribution in [2.24, 2.45) is 11.8 Å². The van der Waals surface area contributed by atoms with Gasteiger partial charge in [0.25, 0.3) is 0 Å². The fraction of sp³-hybridized carbons (Fsp3) is 0.571. The summed E-state index contributed by atoms with van der Waals surface area (Å²) < 4.78 is 13.1. The van der Waals surface area contributed by atoms with Crippen molar-refractivity contribution in [1.29, 1.82) is 0 Å². The summed E-state index contributed by atoms with van der Waals surface area (Å²) in [6.07, 6.45) is 9.91. The zero-order valence-electron chi connectivity index (χ0n) is 30.8. The molecule has 0 radical (unpaired) electrons. The number of benzene rings is 2. The number of hydrogen-bond donors (Lipinski definition) is 2. The Balaban J connectivity index is 1.12. The quantitative estimate of drug-likeness (QED) is 0.208. The lowest BCUT2D eigenvalue weighted by Crippen LogP contribution is -2.53. The molecule has 1 unspecified atom stereocenters. The number of hydrogen-bond acceptors (Lipinski definition) is 7. The zero-order chi connectivity index (χ0) is 35.8. The number of anilines is 1. The number of aromatic nitrogens is 1. The van der Waals surface area contributed by atoms with Crippen LogP contribution < -0.4 is 14.8 Å². The molecule has 7 rings (SSSR count). The number of ether oxygens (including phenoxy) is 2. The second kappa shape index (κ2) is 15.0. The number of aliphatic carboxylic acids is 1. The molecule has 1 saturated heterocycles. The molecule has 9 heteroatoms. The van der Waals surface area contributed by atoms with E-state index >= 15 is 0 Å². The van der Waals surface area contributed by atoms with Crippen LogP contribution in [0, 0.1) is 11.8 Å². The fourth-order valence-corrected chi connectivity index (χ4v) is 9.83. The fourth-order valence-electron chi connectivity index (χ4n) is 9.64. The Bertz CT molecular complexity index is 1710. The van der Waals surface area contributed by atoms with Gasteiger partial charge in [0.1, 0.15) is 23.6 Å². The molecule has 274 valence electrons. The van der Waals surface area contributed by atoms with Crippen LogP contribution in [0.15, 0.2) is 54.7 Å². The molecule has 0 bridgehead atoms. The molecule has 2 N–H and O–H groups in total. The van der Waals surface area contributed by atoms with E-state index in [9.17, 15) is 9.90 Å². The predicted molar refractivity (Wildman–Crippen MR) is 203 cm³/mol. The zero-order valence-corrected chi connectivity index (χ0v) is 31.6. The third-order valence-corrected chi connectivity index (χ3v) is 12.9. The van der Waals surface area contributed by atoms with Crippen LogP contribution in [-0.4, -0.2) is 84.4 Å². The summed E-state index contributed by atoms with van der Waals surface area (Å²) in [5.41, 5.74) is 4.77. The third-order valence-electron chi connectivity index (χ3n) is 12.7. The highest BCUT2D eigenvalue weighted by Crippen LogP contribution is 2.57. The van der Waals surface area contributed by atoms with Gasteiger partial charge in [-0.2, -0.15) is 0 Å². The lowest BCUT2D eigenvalue weighted by atomic mass is 9.59. The summed E-state index contributed by atoms with van der Waals surface area (Å²) in [6, 6.07) is 16.5. The largest absolute Gasteiger partial charge is 0.493 e. The number of carboxylic acids is 1. The summed E-state index contributed by atoms with van der Waals surface area (Å²) in [4.78, 5) is 22.5. The first-order valence-electron chi connectivity index (χ1n) is 19.1. The normalized spacial score (nSPS) is 28.5. The summed E-state index contributed by atoms with van der Waals surface area (Å²) in [6.45, 7) is 9.01. The Labute approximate surface area is 308 Å². The van der Waals surface area contributed by atoms with E-state index in [0.717, 1.165) is 68.9 Å². The summed E-state index contributed by atoms with van der Waals surface area (Å²) in [7, 11) is 4.37. The van der Waals surface area contributed by atoms with Gasteiger partial charge in [-0.1, -0.05) is 37.6 Å². The van der Waals surface area contributed by atoms with Gasteiger partial charge in [-0.05, 0) is 143 Å². The topological polar surface area (TPSA) is 87.2 Å². The van der Waals surface area contributed by atoms with E-state index in [-0.39, 0.29) is 5.41 Å². The second-order valence-corrected chi connectivity index (χ2v) is 16.7. The molecule has 1 saturated carbocycles. The summed E-state index contributed by atoms with van der Waals surface area (Å²) in [5, 5.41) is 14.7. The smallest absolute Gasteiger partial charge is 0.329 e. The number of rotatable bonds is 11. The Kier molecular flexibility index (Phi) is 10.6. The molecule has 1 aliphatic heterocycles. The Hall–Kier alpha value is -3.33. The van der Waals surface area contributed by atoms with Crippen molar-refractivity contribution in [2.75, 3.05) is 52.3 Å². The summed E-state index contributed by atoms with van der Waals surface area (Å²) >= 11 is 6.30. The monoisotopic (exact) mass is 714 g/mol. The number of halogens is 1. The van der Waals surface area contributed by atoms with Gasteiger partial charge in [0.05, 0.1) is 12.6 Å². The van der Waals surface area contributed by atoms with Gasteiger partial charge in [-0.15, -0.1) is 0 Å². The number of likely N-dealkylation sites (N-methyl/N-ethyl adjacent to an activating group) is 2. The molecule has 3 aliphatic carbocycles. The van der Waals surface area contributed by atoms with Crippen molar-refractivity contribution >= 4 is 23.3 Å². The van der Waals surface area contributed by atoms with Crippen molar-refractivity contribution in [1.82, 2.24) is 14.8 Å². The van der Waals surface area contributed by atoms with Crippen molar-refractivity contribution < 1.29 is 19.4 Å². The average Bonchev–Trinajstić information content (AvgIpc) is 3.40. The number of carbonyl (C=O) groups is 1. The molecule has 2 aromatic carbocycles. The van der Waals surface area contributed by atoms with E-state index in [2.05, 4.69) is 66.2 Å². The molecule has 2 fully saturated rings. The second-order valence-electron chi connectivity index (χ2n) is 16.2. The van der Waals surface area contributed by atoms with Crippen molar-refractivity contribution in [2.45, 2.75) is 94.5 Å². The number of aryl methyl sites for hydroxylation is 1. The maximum atomic E-state index is 13.0. The van der Waals surface area contributed by atoms with Crippen LogP contribution in [0.4, 0.5) is 5.69 Å². The SMILES string of the molecule is C[C@@H](COc1ccnc2c1[C@@H](C)CCC2)C[C@H]1Cc2ccc(OCC3CN(C)CCN3C)cc2C12CCC(Nc1cccc(Cl)c1)(C(=O)O)CC2. The first-order chi connectivity index (χ1) is 24.5. The van der Waals surface area contributed by atoms with Crippen molar-refractivity contribution in [3.63, 3.8) is 0 Å². The lowest BCUT2D eigenvalue weighted by Gasteiger charge is -2.47. The van der Waals surface area contributed by atoms with Gasteiger partial charge < -0.3 is 24.8 Å². The number of fused-ring (bicyclic) bond motifs is 3.